The van der Waals surface area contributed by atoms with Crippen LogP contribution in [0.1, 0.15) is 5.56 Å². The lowest BCUT2D eigenvalue weighted by molar-refractivity contribution is 1.44. The second-order valence-electron chi connectivity index (χ2n) is 2.89. The largest absolute Gasteiger partial charge is 0.191 e. The number of benzene rings is 1. The highest BCUT2D eigenvalue weighted by Gasteiger charge is 2.01. The van der Waals surface area contributed by atoms with Gasteiger partial charge in [0.05, 0.1) is 9.48 Å². The van der Waals surface area contributed by atoms with E-state index in [1.54, 1.807) is 0 Å². The fourth-order valence-corrected chi connectivity index (χ4v) is 2.14. The molecule has 0 saturated carbocycles. The summed E-state index contributed by atoms with van der Waals surface area (Å²) in [5.74, 6) is 0. The second kappa shape index (κ2) is 3.60. The molecule has 0 atom stereocenters. The number of aryl methyl sites for hydroxylation is 1. The fraction of sp³-hybridized carbons (Fsp3) is 0.100. The van der Waals surface area contributed by atoms with Gasteiger partial charge in [-0.25, -0.2) is 0 Å². The van der Waals surface area contributed by atoms with E-state index < -0.39 is 0 Å². The summed E-state index contributed by atoms with van der Waals surface area (Å²) in [6.45, 7) is 2.09. The smallest absolute Gasteiger partial charge is 0.0911 e. The van der Waals surface area contributed by atoms with Crippen molar-refractivity contribution in [1.29, 1.82) is 0 Å². The monoisotopic (exact) mass is 253 g/mol. The summed E-state index contributed by atoms with van der Waals surface area (Å²) in [7, 11) is 0. The van der Waals surface area contributed by atoms with Gasteiger partial charge >= 0.3 is 0 Å². The number of rotatable bonds is 1. The maximum Gasteiger partial charge on any atom is 0.0911 e. The van der Waals surface area contributed by atoms with Gasteiger partial charge in [0, 0.05) is 5.56 Å². The molecule has 0 spiro atoms. The lowest BCUT2D eigenvalue weighted by Gasteiger charge is -1.96. The summed E-state index contributed by atoms with van der Waals surface area (Å²) < 4.78 is 5.40. The Labute approximate surface area is 89.7 Å². The maximum atomic E-state index is 4.32. The highest BCUT2D eigenvalue weighted by atomic mass is 79.9. The third kappa shape index (κ3) is 1.98. The zero-order valence-electron chi connectivity index (χ0n) is 7.12. The molecule has 1 nitrogen and oxygen atoms in total. The van der Waals surface area contributed by atoms with Gasteiger partial charge in [0.15, 0.2) is 0 Å². The van der Waals surface area contributed by atoms with Gasteiger partial charge in [-0.05, 0) is 46.5 Å². The Morgan fingerprint density at radius 2 is 2.15 bits per heavy atom. The number of nitrogens with zero attached hydrogens (tertiary/aromatic N) is 1. The van der Waals surface area contributed by atoms with E-state index in [-0.39, 0.29) is 0 Å². The number of hydrogen-bond acceptors (Lipinski definition) is 2. The Balaban J connectivity index is 2.46. The molecule has 2 rings (SSSR count). The van der Waals surface area contributed by atoms with E-state index in [0.29, 0.717) is 0 Å². The van der Waals surface area contributed by atoms with E-state index in [2.05, 4.69) is 51.5 Å². The van der Waals surface area contributed by atoms with Crippen molar-refractivity contribution in [3.8, 4) is 11.3 Å². The molecule has 0 bridgehead atoms. The summed E-state index contributed by atoms with van der Waals surface area (Å²) >= 11 is 4.88. The molecule has 0 amide bonds. The number of aromatic nitrogens is 1. The van der Waals surface area contributed by atoms with Crippen molar-refractivity contribution in [3.63, 3.8) is 0 Å². The van der Waals surface area contributed by atoms with Gasteiger partial charge in [-0.2, -0.15) is 4.37 Å². The van der Waals surface area contributed by atoms with Crippen LogP contribution in [0.15, 0.2) is 34.1 Å². The van der Waals surface area contributed by atoms with Crippen LogP contribution in [0.5, 0.6) is 0 Å². The number of hydrogen-bond donors (Lipinski definition) is 0. The molecule has 0 aliphatic rings. The minimum atomic E-state index is 1.04. The fourth-order valence-electron chi connectivity index (χ4n) is 1.19. The molecule has 13 heavy (non-hydrogen) atoms. The first kappa shape index (κ1) is 8.91. The van der Waals surface area contributed by atoms with Crippen molar-refractivity contribution in [2.75, 3.05) is 0 Å². The molecule has 0 unspecified atom stereocenters. The van der Waals surface area contributed by atoms with Gasteiger partial charge in [0.25, 0.3) is 0 Å². The van der Waals surface area contributed by atoms with E-state index in [4.69, 9.17) is 0 Å². The Morgan fingerprint density at radius 1 is 1.31 bits per heavy atom. The minimum absolute atomic E-state index is 1.04. The first-order valence-electron chi connectivity index (χ1n) is 3.95. The van der Waals surface area contributed by atoms with E-state index in [1.165, 1.54) is 22.7 Å². The van der Waals surface area contributed by atoms with E-state index in [9.17, 15) is 0 Å². The highest BCUT2D eigenvalue weighted by molar-refractivity contribution is 9.11. The Bertz CT molecular complexity index is 422. The summed E-state index contributed by atoms with van der Waals surface area (Å²) in [6.07, 6.45) is 0. The van der Waals surface area contributed by atoms with Crippen molar-refractivity contribution in [1.82, 2.24) is 4.37 Å². The predicted molar refractivity (Wildman–Crippen MR) is 60.0 cm³/mol. The average Bonchev–Trinajstić information content (AvgIpc) is 2.52. The first-order valence-corrected chi connectivity index (χ1v) is 5.51. The van der Waals surface area contributed by atoms with Crippen molar-refractivity contribution < 1.29 is 0 Å². The Kier molecular flexibility index (Phi) is 2.47. The molecule has 1 heterocycles. The molecule has 0 aliphatic carbocycles. The van der Waals surface area contributed by atoms with Gasteiger partial charge in [0.1, 0.15) is 0 Å². The van der Waals surface area contributed by atoms with E-state index >= 15 is 0 Å². The topological polar surface area (TPSA) is 12.9 Å². The molecule has 3 heteroatoms. The lowest BCUT2D eigenvalue weighted by Crippen LogP contribution is -1.77. The normalized spacial score (nSPS) is 10.3. The van der Waals surface area contributed by atoms with Gasteiger partial charge in [-0.3, -0.25) is 0 Å². The van der Waals surface area contributed by atoms with Crippen LogP contribution in [0.2, 0.25) is 0 Å². The lowest BCUT2D eigenvalue weighted by atomic mass is 10.1. The Morgan fingerprint density at radius 3 is 2.77 bits per heavy atom. The highest BCUT2D eigenvalue weighted by Crippen LogP contribution is 2.25. The van der Waals surface area contributed by atoms with Crippen LogP contribution in [-0.4, -0.2) is 4.37 Å². The van der Waals surface area contributed by atoms with E-state index in [0.717, 1.165) is 9.48 Å². The summed E-state index contributed by atoms with van der Waals surface area (Å²) in [6, 6.07) is 10.4. The molecule has 0 saturated heterocycles. The zero-order valence-corrected chi connectivity index (χ0v) is 9.52. The van der Waals surface area contributed by atoms with Crippen molar-refractivity contribution in [3.05, 3.63) is 39.7 Å². The molecule has 0 fully saturated rings. The molecule has 0 aliphatic heterocycles. The summed E-state index contributed by atoms with van der Waals surface area (Å²) in [5.41, 5.74) is 3.49. The Hall–Kier alpha value is -0.670. The van der Waals surface area contributed by atoms with Gasteiger partial charge < -0.3 is 0 Å². The molecule has 2 aromatic rings. The molecular formula is C10H8BrNS. The number of halogens is 1. The van der Waals surface area contributed by atoms with E-state index in [1.807, 2.05) is 6.07 Å². The van der Waals surface area contributed by atoms with Gasteiger partial charge in [0.2, 0.25) is 0 Å². The third-order valence-corrected chi connectivity index (χ3v) is 3.04. The standard InChI is InChI=1S/C10H8BrNS/c1-7-3-2-4-8(5-7)9-6-10(11)13-12-9/h2-6H,1H3. The third-order valence-electron chi connectivity index (χ3n) is 1.80. The average molecular weight is 254 g/mol. The van der Waals surface area contributed by atoms with Crippen LogP contribution in [-0.2, 0) is 0 Å². The summed E-state index contributed by atoms with van der Waals surface area (Å²) in [5, 5.41) is 0. The minimum Gasteiger partial charge on any atom is -0.191 e. The predicted octanol–water partition coefficient (Wildman–Crippen LogP) is 3.88. The van der Waals surface area contributed by atoms with Crippen molar-refractivity contribution in [2.24, 2.45) is 0 Å². The second-order valence-corrected chi connectivity index (χ2v) is 5.07. The quantitative estimate of drug-likeness (QED) is 0.752. The SMILES string of the molecule is Cc1cccc(-c2cc(Br)sn2)c1. The molecular weight excluding hydrogens is 246 g/mol. The zero-order chi connectivity index (χ0) is 9.26. The van der Waals surface area contributed by atoms with Crippen LogP contribution < -0.4 is 0 Å². The molecule has 66 valence electrons. The molecule has 1 aromatic heterocycles. The summed E-state index contributed by atoms with van der Waals surface area (Å²) in [4.78, 5) is 0. The van der Waals surface area contributed by atoms with Crippen LogP contribution in [0, 0.1) is 6.92 Å². The maximum absolute atomic E-state index is 4.32. The van der Waals surface area contributed by atoms with Crippen LogP contribution in [0.4, 0.5) is 0 Å². The molecule has 0 N–H and O–H groups in total. The van der Waals surface area contributed by atoms with Crippen LogP contribution in [0.25, 0.3) is 11.3 Å². The molecule has 0 radical (unpaired) electrons. The van der Waals surface area contributed by atoms with Crippen molar-refractivity contribution in [2.45, 2.75) is 6.92 Å². The molecule has 1 aromatic carbocycles. The van der Waals surface area contributed by atoms with Gasteiger partial charge in [-0.1, -0.05) is 23.8 Å². The van der Waals surface area contributed by atoms with Gasteiger partial charge in [-0.15, -0.1) is 0 Å². The van der Waals surface area contributed by atoms with Crippen LogP contribution >= 0.6 is 27.5 Å². The van der Waals surface area contributed by atoms with Crippen LogP contribution in [0.3, 0.4) is 0 Å². The van der Waals surface area contributed by atoms with Crippen molar-refractivity contribution >= 4 is 27.5 Å². The first-order chi connectivity index (χ1) is 6.25.